The van der Waals surface area contributed by atoms with E-state index in [4.69, 9.17) is 9.47 Å². The normalized spacial score (nSPS) is 18.6. The van der Waals surface area contributed by atoms with Crippen molar-refractivity contribution in [2.24, 2.45) is 5.92 Å². The maximum absolute atomic E-state index is 12.0. The van der Waals surface area contributed by atoms with E-state index in [1.807, 2.05) is 0 Å². The molecule has 0 fully saturated rings. The number of ether oxygens (including phenoxy) is 2. The Hall–Kier alpha value is -1.84. The van der Waals surface area contributed by atoms with E-state index in [0.717, 1.165) is 0 Å². The van der Waals surface area contributed by atoms with E-state index < -0.39 is 11.9 Å². The molecule has 1 aromatic carbocycles. The molecule has 1 aliphatic rings. The zero-order valence-corrected chi connectivity index (χ0v) is 8.93. The SMILES string of the molecule is CCOC(=O)[C@@H]1COc2ccccc2C1=O. The topological polar surface area (TPSA) is 52.6 Å². The Morgan fingerprint density at radius 1 is 1.50 bits per heavy atom. The molecule has 0 amide bonds. The van der Waals surface area contributed by atoms with Crippen LogP contribution in [0.25, 0.3) is 0 Å². The van der Waals surface area contributed by atoms with Crippen LogP contribution in [-0.2, 0) is 9.53 Å². The molecule has 4 heteroatoms. The summed E-state index contributed by atoms with van der Waals surface area (Å²) in [7, 11) is 0. The van der Waals surface area contributed by atoms with Gasteiger partial charge < -0.3 is 9.47 Å². The number of carbonyl (C=O) groups is 2. The molecule has 1 aliphatic heterocycles. The maximum Gasteiger partial charge on any atom is 0.320 e. The summed E-state index contributed by atoms with van der Waals surface area (Å²) in [6.45, 7) is 2.04. The number of hydrogen-bond donors (Lipinski definition) is 0. The smallest absolute Gasteiger partial charge is 0.320 e. The highest BCUT2D eigenvalue weighted by Crippen LogP contribution is 2.27. The van der Waals surface area contributed by atoms with Crippen LogP contribution in [0.2, 0.25) is 0 Å². The molecule has 1 aromatic rings. The summed E-state index contributed by atoms with van der Waals surface area (Å²) in [5.74, 6) is -1.02. The van der Waals surface area contributed by atoms with Gasteiger partial charge in [0.25, 0.3) is 0 Å². The Kier molecular flexibility index (Phi) is 2.90. The van der Waals surface area contributed by atoms with E-state index in [9.17, 15) is 9.59 Å². The van der Waals surface area contributed by atoms with Crippen molar-refractivity contribution in [1.82, 2.24) is 0 Å². The minimum absolute atomic E-state index is 0.0642. The van der Waals surface area contributed by atoms with Gasteiger partial charge in [0.15, 0.2) is 11.7 Å². The van der Waals surface area contributed by atoms with Crippen LogP contribution in [-0.4, -0.2) is 25.0 Å². The van der Waals surface area contributed by atoms with Gasteiger partial charge in [0, 0.05) is 0 Å². The van der Waals surface area contributed by atoms with Crippen LogP contribution in [0.1, 0.15) is 17.3 Å². The van der Waals surface area contributed by atoms with Crippen molar-refractivity contribution in [3.05, 3.63) is 29.8 Å². The van der Waals surface area contributed by atoms with Gasteiger partial charge in [-0.2, -0.15) is 0 Å². The van der Waals surface area contributed by atoms with Crippen LogP contribution < -0.4 is 4.74 Å². The van der Waals surface area contributed by atoms with Gasteiger partial charge in [-0.15, -0.1) is 0 Å². The summed E-state index contributed by atoms with van der Waals surface area (Å²) in [6, 6.07) is 6.90. The van der Waals surface area contributed by atoms with Gasteiger partial charge in [-0.05, 0) is 19.1 Å². The molecule has 84 valence electrons. The number of benzene rings is 1. The minimum Gasteiger partial charge on any atom is -0.491 e. The lowest BCUT2D eigenvalue weighted by molar-refractivity contribution is -0.147. The monoisotopic (exact) mass is 220 g/mol. The quantitative estimate of drug-likeness (QED) is 0.559. The molecule has 0 saturated carbocycles. The molecule has 0 aromatic heterocycles. The molecular weight excluding hydrogens is 208 g/mol. The van der Waals surface area contributed by atoms with Gasteiger partial charge in [-0.3, -0.25) is 9.59 Å². The van der Waals surface area contributed by atoms with Gasteiger partial charge in [0.2, 0.25) is 0 Å². The molecule has 0 unspecified atom stereocenters. The van der Waals surface area contributed by atoms with Crippen LogP contribution in [0.4, 0.5) is 0 Å². The van der Waals surface area contributed by atoms with Crippen LogP contribution in [0.15, 0.2) is 24.3 Å². The lowest BCUT2D eigenvalue weighted by Gasteiger charge is -2.22. The first-order valence-electron chi connectivity index (χ1n) is 5.16. The first-order valence-corrected chi connectivity index (χ1v) is 5.16. The Morgan fingerprint density at radius 3 is 3.00 bits per heavy atom. The van der Waals surface area contributed by atoms with Crippen molar-refractivity contribution in [3.8, 4) is 5.75 Å². The van der Waals surface area contributed by atoms with Crippen molar-refractivity contribution < 1.29 is 19.1 Å². The van der Waals surface area contributed by atoms with Gasteiger partial charge in [-0.1, -0.05) is 12.1 Å². The van der Waals surface area contributed by atoms with Crippen molar-refractivity contribution in [2.75, 3.05) is 13.2 Å². The molecule has 0 bridgehead atoms. The Labute approximate surface area is 93.2 Å². The fourth-order valence-corrected chi connectivity index (χ4v) is 1.65. The fourth-order valence-electron chi connectivity index (χ4n) is 1.65. The maximum atomic E-state index is 12.0. The predicted octanol–water partition coefficient (Wildman–Crippen LogP) is 1.44. The Morgan fingerprint density at radius 2 is 2.25 bits per heavy atom. The summed E-state index contributed by atoms with van der Waals surface area (Å²) in [5.41, 5.74) is 0.451. The highest BCUT2D eigenvalue weighted by molar-refractivity contribution is 6.11. The number of para-hydroxylation sites is 1. The van der Waals surface area contributed by atoms with Gasteiger partial charge >= 0.3 is 5.97 Å². The third-order valence-corrected chi connectivity index (χ3v) is 2.45. The van der Waals surface area contributed by atoms with Crippen molar-refractivity contribution in [1.29, 1.82) is 0 Å². The number of fused-ring (bicyclic) bond motifs is 1. The van der Waals surface area contributed by atoms with Gasteiger partial charge in [0.1, 0.15) is 12.4 Å². The lowest BCUT2D eigenvalue weighted by Crippen LogP contribution is -2.35. The summed E-state index contributed by atoms with van der Waals surface area (Å²) in [5, 5.41) is 0. The summed E-state index contributed by atoms with van der Waals surface area (Å²) >= 11 is 0. The summed E-state index contributed by atoms with van der Waals surface area (Å²) in [4.78, 5) is 23.4. The number of esters is 1. The van der Waals surface area contributed by atoms with Gasteiger partial charge in [0.05, 0.1) is 12.2 Å². The predicted molar refractivity (Wildman–Crippen MR) is 56.4 cm³/mol. The number of carbonyl (C=O) groups excluding carboxylic acids is 2. The molecule has 0 radical (unpaired) electrons. The van der Waals surface area contributed by atoms with Crippen molar-refractivity contribution in [2.45, 2.75) is 6.92 Å². The molecule has 0 N–H and O–H groups in total. The van der Waals surface area contributed by atoms with Crippen LogP contribution in [0.3, 0.4) is 0 Å². The second kappa shape index (κ2) is 4.35. The molecule has 0 spiro atoms. The second-order valence-electron chi connectivity index (χ2n) is 3.48. The Bertz CT molecular complexity index is 425. The van der Waals surface area contributed by atoms with E-state index >= 15 is 0 Å². The molecule has 0 saturated heterocycles. The lowest BCUT2D eigenvalue weighted by atomic mass is 9.95. The molecule has 0 aliphatic carbocycles. The second-order valence-corrected chi connectivity index (χ2v) is 3.48. The molecule has 4 nitrogen and oxygen atoms in total. The number of hydrogen-bond acceptors (Lipinski definition) is 4. The van der Waals surface area contributed by atoms with E-state index in [2.05, 4.69) is 0 Å². The van der Waals surface area contributed by atoms with E-state index in [1.54, 1.807) is 31.2 Å². The molecule has 1 heterocycles. The zero-order chi connectivity index (χ0) is 11.5. The van der Waals surface area contributed by atoms with Gasteiger partial charge in [-0.25, -0.2) is 0 Å². The zero-order valence-electron chi connectivity index (χ0n) is 8.93. The Balaban J connectivity index is 2.24. The molecule has 16 heavy (non-hydrogen) atoms. The number of Topliss-reactive ketones (excluding diaryl/α,β-unsaturated/α-hetero) is 1. The number of rotatable bonds is 2. The van der Waals surface area contributed by atoms with E-state index in [0.29, 0.717) is 11.3 Å². The van der Waals surface area contributed by atoms with Crippen LogP contribution >= 0.6 is 0 Å². The third kappa shape index (κ3) is 1.78. The van der Waals surface area contributed by atoms with E-state index in [-0.39, 0.29) is 19.0 Å². The summed E-state index contributed by atoms with van der Waals surface area (Å²) in [6.07, 6.45) is 0. The standard InChI is InChI=1S/C12H12O4/c1-2-15-12(14)9-7-16-10-6-4-3-5-8(10)11(9)13/h3-6,9H,2,7H2,1H3/t9-/m1/s1. The van der Waals surface area contributed by atoms with Crippen LogP contribution in [0, 0.1) is 5.92 Å². The summed E-state index contributed by atoms with van der Waals surface area (Å²) < 4.78 is 10.2. The highest BCUT2D eigenvalue weighted by Gasteiger charge is 2.35. The third-order valence-electron chi connectivity index (χ3n) is 2.45. The number of ketones is 1. The first-order chi connectivity index (χ1) is 7.74. The van der Waals surface area contributed by atoms with E-state index in [1.165, 1.54) is 0 Å². The first kappa shape index (κ1) is 10.7. The van der Waals surface area contributed by atoms with Crippen molar-refractivity contribution >= 4 is 11.8 Å². The minimum atomic E-state index is -0.824. The molecular formula is C12H12O4. The van der Waals surface area contributed by atoms with Crippen LogP contribution in [0.5, 0.6) is 5.75 Å². The highest BCUT2D eigenvalue weighted by atomic mass is 16.5. The van der Waals surface area contributed by atoms with Crippen molar-refractivity contribution in [3.63, 3.8) is 0 Å². The largest absolute Gasteiger partial charge is 0.491 e. The fraction of sp³-hybridized carbons (Fsp3) is 0.333. The molecule has 1 atom stereocenters. The molecule has 2 rings (SSSR count). The average Bonchev–Trinajstić information content (AvgIpc) is 2.30. The average molecular weight is 220 g/mol.